The molecular weight excluding hydrogens is 326 g/mol. The first-order valence-corrected chi connectivity index (χ1v) is 9.21. The van der Waals surface area contributed by atoms with Gasteiger partial charge in [-0.25, -0.2) is 0 Å². The van der Waals surface area contributed by atoms with Crippen LogP contribution in [0.2, 0.25) is 0 Å². The fourth-order valence-corrected chi connectivity index (χ4v) is 3.88. The lowest BCUT2D eigenvalue weighted by Crippen LogP contribution is -2.34. The minimum atomic E-state index is 0.338. The lowest BCUT2D eigenvalue weighted by atomic mass is 9.91. The first-order chi connectivity index (χ1) is 12.7. The highest BCUT2D eigenvalue weighted by molar-refractivity contribution is 5.44. The topological polar surface area (TPSA) is 30.9 Å². The SMILES string of the molecule is COC1=C(OC)CC=C2C(=C1)CCCN(C)[C@@H]2Cc1cccc(OC)c1. The third-order valence-corrected chi connectivity index (χ3v) is 5.34. The van der Waals surface area contributed by atoms with Gasteiger partial charge in [0.05, 0.1) is 21.3 Å². The molecule has 0 unspecified atom stereocenters. The maximum Gasteiger partial charge on any atom is 0.157 e. The molecule has 0 amide bonds. The fourth-order valence-electron chi connectivity index (χ4n) is 3.88. The Morgan fingerprint density at radius 1 is 1.12 bits per heavy atom. The molecular formula is C22H29NO3. The van der Waals surface area contributed by atoms with Crippen LogP contribution in [0.1, 0.15) is 24.8 Å². The van der Waals surface area contributed by atoms with Crippen LogP contribution < -0.4 is 4.74 Å². The summed E-state index contributed by atoms with van der Waals surface area (Å²) in [5.74, 6) is 2.65. The van der Waals surface area contributed by atoms with E-state index < -0.39 is 0 Å². The Kier molecular flexibility index (Phi) is 6.04. The van der Waals surface area contributed by atoms with Gasteiger partial charge in [0.25, 0.3) is 0 Å². The van der Waals surface area contributed by atoms with Crippen molar-refractivity contribution in [1.82, 2.24) is 4.90 Å². The Bertz CT molecular complexity index is 733. The summed E-state index contributed by atoms with van der Waals surface area (Å²) in [6.07, 6.45) is 8.43. The number of rotatable bonds is 5. The molecule has 1 fully saturated rings. The van der Waals surface area contributed by atoms with Crippen LogP contribution in [-0.4, -0.2) is 45.9 Å². The third-order valence-electron chi connectivity index (χ3n) is 5.34. The zero-order chi connectivity index (χ0) is 18.5. The van der Waals surface area contributed by atoms with Gasteiger partial charge in [0.1, 0.15) is 11.5 Å². The predicted molar refractivity (Wildman–Crippen MR) is 104 cm³/mol. The number of ether oxygens (including phenoxy) is 3. The normalized spacial score (nSPS) is 21.2. The molecule has 1 saturated heterocycles. The molecule has 1 aliphatic heterocycles. The van der Waals surface area contributed by atoms with Gasteiger partial charge in [-0.05, 0) is 67.8 Å². The third kappa shape index (κ3) is 3.96. The van der Waals surface area contributed by atoms with E-state index >= 15 is 0 Å². The molecule has 4 heteroatoms. The molecule has 140 valence electrons. The Morgan fingerprint density at radius 2 is 1.96 bits per heavy atom. The molecule has 4 nitrogen and oxygen atoms in total. The minimum absolute atomic E-state index is 0.338. The van der Waals surface area contributed by atoms with Gasteiger partial charge in [-0.15, -0.1) is 0 Å². The lowest BCUT2D eigenvalue weighted by molar-refractivity contribution is 0.226. The zero-order valence-electron chi connectivity index (χ0n) is 16.2. The van der Waals surface area contributed by atoms with Crippen LogP contribution in [0.4, 0.5) is 0 Å². The monoisotopic (exact) mass is 355 g/mol. The number of fused-ring (bicyclic) bond motifs is 1. The van der Waals surface area contributed by atoms with Crippen molar-refractivity contribution in [2.45, 2.75) is 31.7 Å². The van der Waals surface area contributed by atoms with E-state index in [2.05, 4.69) is 42.3 Å². The second-order valence-corrected chi connectivity index (χ2v) is 6.88. The van der Waals surface area contributed by atoms with Crippen LogP contribution in [0.15, 0.2) is 59.1 Å². The molecule has 1 aromatic carbocycles. The first-order valence-electron chi connectivity index (χ1n) is 9.21. The molecule has 3 rings (SSSR count). The van der Waals surface area contributed by atoms with E-state index in [1.807, 2.05) is 6.07 Å². The Morgan fingerprint density at radius 3 is 2.69 bits per heavy atom. The van der Waals surface area contributed by atoms with Crippen molar-refractivity contribution in [1.29, 1.82) is 0 Å². The summed E-state index contributed by atoms with van der Waals surface area (Å²) in [6, 6.07) is 8.72. The zero-order valence-corrected chi connectivity index (χ0v) is 16.2. The van der Waals surface area contributed by atoms with Gasteiger partial charge in [0.15, 0.2) is 5.76 Å². The summed E-state index contributed by atoms with van der Waals surface area (Å²) in [5.41, 5.74) is 4.06. The van der Waals surface area contributed by atoms with Crippen molar-refractivity contribution in [3.05, 3.63) is 64.6 Å². The van der Waals surface area contributed by atoms with Crippen molar-refractivity contribution >= 4 is 0 Å². The second kappa shape index (κ2) is 8.45. The highest BCUT2D eigenvalue weighted by atomic mass is 16.5. The summed E-state index contributed by atoms with van der Waals surface area (Å²) in [5, 5.41) is 0. The van der Waals surface area contributed by atoms with Crippen LogP contribution in [0.5, 0.6) is 5.75 Å². The quantitative estimate of drug-likeness (QED) is 0.796. The molecule has 0 aromatic heterocycles. The maximum atomic E-state index is 5.59. The average Bonchev–Trinajstić information content (AvgIpc) is 2.92. The molecule has 1 aliphatic carbocycles. The van der Waals surface area contributed by atoms with Crippen molar-refractivity contribution in [3.8, 4) is 5.75 Å². The van der Waals surface area contributed by atoms with Gasteiger partial charge in [-0.1, -0.05) is 18.2 Å². The molecule has 1 atom stereocenters. The second-order valence-electron chi connectivity index (χ2n) is 6.88. The molecule has 1 aromatic rings. The summed E-state index contributed by atoms with van der Waals surface area (Å²) >= 11 is 0. The molecule has 2 aliphatic rings. The van der Waals surface area contributed by atoms with Crippen LogP contribution >= 0.6 is 0 Å². The molecule has 0 saturated carbocycles. The summed E-state index contributed by atoms with van der Waals surface area (Å²) < 4.78 is 16.5. The number of allylic oxidation sites excluding steroid dienone is 2. The smallest absolute Gasteiger partial charge is 0.157 e. The van der Waals surface area contributed by atoms with Gasteiger partial charge in [-0.3, -0.25) is 4.90 Å². The van der Waals surface area contributed by atoms with Gasteiger partial charge < -0.3 is 14.2 Å². The van der Waals surface area contributed by atoms with E-state index in [1.54, 1.807) is 21.3 Å². The number of likely N-dealkylation sites (N-methyl/N-ethyl adjacent to an activating group) is 1. The number of methoxy groups -OCH3 is 3. The fraction of sp³-hybridized carbons (Fsp3) is 0.455. The standard InChI is InChI=1S/C22H29NO3/c1-23-12-6-8-17-15-22(26-4)21(25-3)11-10-19(17)20(23)14-16-7-5-9-18(13-16)24-2/h5,7,9-10,13,15,20H,6,8,11-12,14H2,1-4H3/t20-/m1/s1. The minimum Gasteiger partial charge on any atom is -0.497 e. The van der Waals surface area contributed by atoms with E-state index in [0.717, 1.165) is 49.5 Å². The molecule has 0 spiro atoms. The van der Waals surface area contributed by atoms with E-state index in [1.165, 1.54) is 16.7 Å². The maximum absolute atomic E-state index is 5.59. The Labute approximate surface area is 156 Å². The summed E-state index contributed by atoms with van der Waals surface area (Å²) in [6.45, 7) is 1.09. The molecule has 0 N–H and O–H groups in total. The number of benzene rings is 1. The first kappa shape index (κ1) is 18.6. The van der Waals surface area contributed by atoms with E-state index in [9.17, 15) is 0 Å². The van der Waals surface area contributed by atoms with Gasteiger partial charge in [0, 0.05) is 12.5 Å². The van der Waals surface area contributed by atoms with Crippen molar-refractivity contribution < 1.29 is 14.2 Å². The summed E-state index contributed by atoms with van der Waals surface area (Å²) in [7, 11) is 7.37. The number of hydrogen-bond acceptors (Lipinski definition) is 4. The van der Waals surface area contributed by atoms with Gasteiger partial charge in [0.2, 0.25) is 0 Å². The number of nitrogens with zero attached hydrogens (tertiary/aromatic N) is 1. The van der Waals surface area contributed by atoms with Crippen molar-refractivity contribution in [3.63, 3.8) is 0 Å². The number of hydrogen-bond donors (Lipinski definition) is 0. The van der Waals surface area contributed by atoms with Crippen molar-refractivity contribution in [2.75, 3.05) is 34.9 Å². The van der Waals surface area contributed by atoms with E-state index in [0.29, 0.717) is 6.04 Å². The van der Waals surface area contributed by atoms with E-state index in [-0.39, 0.29) is 0 Å². The van der Waals surface area contributed by atoms with Crippen LogP contribution in [-0.2, 0) is 15.9 Å². The average molecular weight is 355 g/mol. The van der Waals surface area contributed by atoms with E-state index in [4.69, 9.17) is 14.2 Å². The van der Waals surface area contributed by atoms with Crippen molar-refractivity contribution in [2.24, 2.45) is 0 Å². The Balaban J connectivity index is 1.94. The molecule has 26 heavy (non-hydrogen) atoms. The molecule has 1 heterocycles. The molecule has 0 bridgehead atoms. The summed E-state index contributed by atoms with van der Waals surface area (Å²) in [4.78, 5) is 2.47. The predicted octanol–water partition coefficient (Wildman–Crippen LogP) is 4.09. The number of likely N-dealkylation sites (tertiary alicyclic amines) is 1. The van der Waals surface area contributed by atoms with Crippen LogP contribution in [0.25, 0.3) is 0 Å². The lowest BCUT2D eigenvalue weighted by Gasteiger charge is -2.28. The van der Waals surface area contributed by atoms with Crippen LogP contribution in [0, 0.1) is 0 Å². The van der Waals surface area contributed by atoms with Gasteiger partial charge in [-0.2, -0.15) is 0 Å². The molecule has 0 radical (unpaired) electrons. The highest BCUT2D eigenvalue weighted by Crippen LogP contribution is 2.34. The van der Waals surface area contributed by atoms with Crippen LogP contribution in [0.3, 0.4) is 0 Å². The Hall–Kier alpha value is -2.20. The largest absolute Gasteiger partial charge is 0.497 e. The highest BCUT2D eigenvalue weighted by Gasteiger charge is 2.27. The van der Waals surface area contributed by atoms with Gasteiger partial charge >= 0.3 is 0 Å².